The number of carbonyl (C=O) groups excluding carboxylic acids is 2. The van der Waals surface area contributed by atoms with Crippen LogP contribution in [0, 0.1) is 6.92 Å². The van der Waals surface area contributed by atoms with E-state index in [1.165, 1.54) is 11.3 Å². The Labute approximate surface area is 123 Å². The summed E-state index contributed by atoms with van der Waals surface area (Å²) in [6.07, 6.45) is 0.462. The second-order valence-electron chi connectivity index (χ2n) is 4.29. The Morgan fingerprint density at radius 1 is 1.20 bits per heavy atom. The first kappa shape index (κ1) is 16.8. The summed E-state index contributed by atoms with van der Waals surface area (Å²) in [7, 11) is 1.61. The zero-order valence-electron chi connectivity index (χ0n) is 11.9. The fraction of sp³-hybridized carbons (Fsp3) is 0.571. The van der Waals surface area contributed by atoms with Crippen molar-refractivity contribution in [2.75, 3.05) is 33.5 Å². The molecule has 0 aliphatic carbocycles. The van der Waals surface area contributed by atoms with Crippen LogP contribution in [0.3, 0.4) is 0 Å². The predicted molar refractivity (Wildman–Crippen MR) is 78.3 cm³/mol. The van der Waals surface area contributed by atoms with Gasteiger partial charge in [0.25, 0.3) is 0 Å². The lowest BCUT2D eigenvalue weighted by atomic mass is 10.2. The standard InChI is InChI=1S/C14H21NO4S/c1-11-3-5-13(20-11)12(16)4-6-14(17)15-7-8-19-10-9-18-2/h3,5H,4,6-10H2,1-2H3,(H,15,17). The van der Waals surface area contributed by atoms with Crippen LogP contribution in [-0.4, -0.2) is 45.2 Å². The van der Waals surface area contributed by atoms with Crippen molar-refractivity contribution < 1.29 is 19.1 Å². The van der Waals surface area contributed by atoms with Crippen molar-refractivity contribution in [3.05, 3.63) is 21.9 Å². The molecule has 1 amide bonds. The van der Waals surface area contributed by atoms with Crippen LogP contribution in [0.15, 0.2) is 12.1 Å². The van der Waals surface area contributed by atoms with Gasteiger partial charge in [-0.05, 0) is 19.1 Å². The van der Waals surface area contributed by atoms with Crippen LogP contribution in [0.2, 0.25) is 0 Å². The first-order valence-corrected chi connectivity index (χ1v) is 7.38. The van der Waals surface area contributed by atoms with Gasteiger partial charge in [0.05, 0.1) is 24.7 Å². The number of rotatable bonds is 10. The maximum atomic E-state index is 11.8. The van der Waals surface area contributed by atoms with Gasteiger partial charge in [-0.1, -0.05) is 0 Å². The minimum atomic E-state index is -0.123. The van der Waals surface area contributed by atoms with Gasteiger partial charge >= 0.3 is 0 Å². The highest BCUT2D eigenvalue weighted by atomic mass is 32.1. The van der Waals surface area contributed by atoms with E-state index in [9.17, 15) is 9.59 Å². The van der Waals surface area contributed by atoms with E-state index >= 15 is 0 Å². The maximum Gasteiger partial charge on any atom is 0.220 e. The van der Waals surface area contributed by atoms with Gasteiger partial charge in [-0.3, -0.25) is 9.59 Å². The molecule has 1 heterocycles. The van der Waals surface area contributed by atoms with Crippen molar-refractivity contribution in [1.29, 1.82) is 0 Å². The molecule has 1 N–H and O–H groups in total. The molecule has 1 rings (SSSR count). The molecule has 0 saturated heterocycles. The molecule has 0 saturated carbocycles. The van der Waals surface area contributed by atoms with Gasteiger partial charge in [0.2, 0.25) is 5.91 Å². The molecule has 20 heavy (non-hydrogen) atoms. The van der Waals surface area contributed by atoms with Crippen molar-refractivity contribution in [2.24, 2.45) is 0 Å². The lowest BCUT2D eigenvalue weighted by Gasteiger charge is -2.05. The highest BCUT2D eigenvalue weighted by molar-refractivity contribution is 7.14. The summed E-state index contributed by atoms with van der Waals surface area (Å²) < 4.78 is 10.0. The number of thiophene rings is 1. The number of amides is 1. The number of methoxy groups -OCH3 is 1. The third-order valence-corrected chi connectivity index (χ3v) is 3.64. The number of Topliss-reactive ketones (excluding diaryl/α,β-unsaturated/α-hetero) is 1. The number of hydrogen-bond acceptors (Lipinski definition) is 5. The third kappa shape index (κ3) is 6.79. The molecule has 1 aromatic rings. The SMILES string of the molecule is COCCOCCNC(=O)CCC(=O)c1ccc(C)s1. The van der Waals surface area contributed by atoms with Gasteiger partial charge < -0.3 is 14.8 Å². The summed E-state index contributed by atoms with van der Waals surface area (Å²) in [5, 5.41) is 2.72. The zero-order chi connectivity index (χ0) is 14.8. The maximum absolute atomic E-state index is 11.8. The normalized spacial score (nSPS) is 10.5. The third-order valence-electron chi connectivity index (χ3n) is 2.59. The lowest BCUT2D eigenvalue weighted by Crippen LogP contribution is -2.27. The Balaban J connectivity index is 2.09. The molecule has 0 bridgehead atoms. The number of nitrogens with one attached hydrogen (secondary N) is 1. The summed E-state index contributed by atoms with van der Waals surface area (Å²) in [5.74, 6) is -0.100. The monoisotopic (exact) mass is 299 g/mol. The zero-order valence-corrected chi connectivity index (χ0v) is 12.8. The summed E-state index contributed by atoms with van der Waals surface area (Å²) >= 11 is 1.46. The van der Waals surface area contributed by atoms with E-state index in [-0.39, 0.29) is 24.5 Å². The molecule has 0 unspecified atom stereocenters. The average molecular weight is 299 g/mol. The van der Waals surface area contributed by atoms with Gasteiger partial charge in [-0.25, -0.2) is 0 Å². The number of aryl methyl sites for hydroxylation is 1. The van der Waals surface area contributed by atoms with Crippen LogP contribution in [0.5, 0.6) is 0 Å². The average Bonchev–Trinajstić information content (AvgIpc) is 2.86. The first-order valence-electron chi connectivity index (χ1n) is 6.56. The molecule has 6 heteroatoms. The van der Waals surface area contributed by atoms with Crippen LogP contribution in [-0.2, 0) is 14.3 Å². The highest BCUT2D eigenvalue weighted by Gasteiger charge is 2.10. The number of hydrogen-bond donors (Lipinski definition) is 1. The molecule has 5 nitrogen and oxygen atoms in total. The van der Waals surface area contributed by atoms with Crippen molar-refractivity contribution in [2.45, 2.75) is 19.8 Å². The van der Waals surface area contributed by atoms with E-state index in [2.05, 4.69) is 5.32 Å². The minimum absolute atomic E-state index is 0.0228. The summed E-state index contributed by atoms with van der Waals surface area (Å²) in [5.41, 5.74) is 0. The molecule has 0 aliphatic rings. The Hall–Kier alpha value is -1.24. The van der Waals surface area contributed by atoms with Crippen LogP contribution in [0.4, 0.5) is 0 Å². The van der Waals surface area contributed by atoms with Crippen molar-refractivity contribution in [1.82, 2.24) is 5.32 Å². The molecule has 1 aromatic heterocycles. The second-order valence-corrected chi connectivity index (χ2v) is 5.58. The number of ketones is 1. The van der Waals surface area contributed by atoms with Crippen molar-refractivity contribution in [3.63, 3.8) is 0 Å². The lowest BCUT2D eigenvalue weighted by molar-refractivity contribution is -0.121. The van der Waals surface area contributed by atoms with E-state index in [4.69, 9.17) is 9.47 Å². The smallest absolute Gasteiger partial charge is 0.220 e. The van der Waals surface area contributed by atoms with Crippen molar-refractivity contribution in [3.8, 4) is 0 Å². The largest absolute Gasteiger partial charge is 0.382 e. The molecule has 0 aliphatic heterocycles. The molecule has 0 atom stereocenters. The minimum Gasteiger partial charge on any atom is -0.382 e. The highest BCUT2D eigenvalue weighted by Crippen LogP contribution is 2.17. The number of carbonyl (C=O) groups is 2. The fourth-order valence-electron chi connectivity index (χ4n) is 1.53. The number of ether oxygens (including phenoxy) is 2. The molecule has 0 aromatic carbocycles. The van der Waals surface area contributed by atoms with Crippen LogP contribution in [0.25, 0.3) is 0 Å². The Bertz CT molecular complexity index is 431. The van der Waals surface area contributed by atoms with Gasteiger partial charge in [-0.15, -0.1) is 11.3 Å². The molecular weight excluding hydrogens is 278 g/mol. The van der Waals surface area contributed by atoms with Gasteiger partial charge in [0.15, 0.2) is 5.78 Å². The van der Waals surface area contributed by atoms with Crippen LogP contribution >= 0.6 is 11.3 Å². The Morgan fingerprint density at radius 2 is 2.00 bits per heavy atom. The molecule has 0 fully saturated rings. The van der Waals surface area contributed by atoms with E-state index in [0.29, 0.717) is 26.4 Å². The first-order chi connectivity index (χ1) is 9.63. The van der Waals surface area contributed by atoms with Gasteiger partial charge in [0.1, 0.15) is 0 Å². The van der Waals surface area contributed by atoms with E-state index in [0.717, 1.165) is 9.75 Å². The molecule has 112 valence electrons. The van der Waals surface area contributed by atoms with E-state index in [1.807, 2.05) is 19.1 Å². The summed E-state index contributed by atoms with van der Waals surface area (Å²) in [6.45, 7) is 3.92. The summed E-state index contributed by atoms with van der Waals surface area (Å²) in [4.78, 5) is 25.2. The summed E-state index contributed by atoms with van der Waals surface area (Å²) in [6, 6.07) is 3.72. The molecular formula is C14H21NO4S. The van der Waals surface area contributed by atoms with Gasteiger partial charge in [0, 0.05) is 31.4 Å². The fourth-order valence-corrected chi connectivity index (χ4v) is 2.36. The van der Waals surface area contributed by atoms with Crippen LogP contribution < -0.4 is 5.32 Å². The Morgan fingerprint density at radius 3 is 2.65 bits per heavy atom. The van der Waals surface area contributed by atoms with Crippen molar-refractivity contribution >= 4 is 23.0 Å². The predicted octanol–water partition coefficient (Wildman–Crippen LogP) is 1.80. The topological polar surface area (TPSA) is 64.6 Å². The quantitative estimate of drug-likeness (QED) is 0.528. The second kappa shape index (κ2) is 9.63. The van der Waals surface area contributed by atoms with E-state index in [1.54, 1.807) is 7.11 Å². The Kier molecular flexibility index (Phi) is 8.10. The molecule has 0 radical (unpaired) electrons. The van der Waals surface area contributed by atoms with Crippen LogP contribution in [0.1, 0.15) is 27.4 Å². The van der Waals surface area contributed by atoms with E-state index < -0.39 is 0 Å². The van der Waals surface area contributed by atoms with Gasteiger partial charge in [-0.2, -0.15) is 0 Å². The molecule has 0 spiro atoms.